The van der Waals surface area contributed by atoms with Gasteiger partial charge in [0, 0.05) is 18.1 Å². The minimum Gasteiger partial charge on any atom is -0.322 e. The average molecular weight is 268 g/mol. The lowest BCUT2D eigenvalue weighted by molar-refractivity contribution is 0.611. The normalized spacial score (nSPS) is 14.0. The predicted octanol–water partition coefficient (Wildman–Crippen LogP) is 3.78. The molecule has 1 atom stereocenters. The van der Waals surface area contributed by atoms with Gasteiger partial charge >= 0.3 is 0 Å². The molecule has 2 nitrogen and oxygen atoms in total. The fourth-order valence-electron chi connectivity index (χ4n) is 2.35. The van der Waals surface area contributed by atoms with Gasteiger partial charge in [0.05, 0.1) is 0 Å². The van der Waals surface area contributed by atoms with Gasteiger partial charge < -0.3 is 11.1 Å². The van der Waals surface area contributed by atoms with E-state index in [1.165, 1.54) is 16.3 Å². The van der Waals surface area contributed by atoms with Crippen molar-refractivity contribution < 1.29 is 0 Å². The fourth-order valence-corrected chi connectivity index (χ4v) is 2.35. The van der Waals surface area contributed by atoms with Crippen molar-refractivity contribution in [3.63, 3.8) is 0 Å². The first-order valence-corrected chi connectivity index (χ1v) is 7.15. The summed E-state index contributed by atoms with van der Waals surface area (Å²) in [6.07, 6.45) is 4.14. The van der Waals surface area contributed by atoms with Gasteiger partial charge in [0.2, 0.25) is 0 Å². The zero-order valence-electron chi connectivity index (χ0n) is 12.6. The first-order chi connectivity index (χ1) is 9.47. The summed E-state index contributed by atoms with van der Waals surface area (Å²) in [5, 5.41) is 6.13. The Balaban J connectivity index is 2.08. The van der Waals surface area contributed by atoms with E-state index in [-0.39, 0.29) is 5.54 Å². The molecule has 0 saturated heterocycles. The van der Waals surface area contributed by atoms with Gasteiger partial charge in [-0.15, -0.1) is 0 Å². The Morgan fingerprint density at radius 1 is 1.15 bits per heavy atom. The van der Waals surface area contributed by atoms with E-state index in [1.54, 1.807) is 0 Å². The minimum absolute atomic E-state index is 0.246. The molecule has 0 fully saturated rings. The van der Waals surface area contributed by atoms with Crippen LogP contribution in [0.3, 0.4) is 0 Å². The van der Waals surface area contributed by atoms with Crippen LogP contribution in [-0.4, -0.2) is 12.1 Å². The summed E-state index contributed by atoms with van der Waals surface area (Å²) in [5.74, 6) is 0. The van der Waals surface area contributed by atoms with Crippen LogP contribution in [-0.2, 0) is 0 Å². The molecule has 0 aliphatic rings. The van der Waals surface area contributed by atoms with E-state index in [2.05, 4.69) is 60.8 Å². The van der Waals surface area contributed by atoms with E-state index in [0.29, 0.717) is 6.04 Å². The molecule has 2 heteroatoms. The summed E-state index contributed by atoms with van der Waals surface area (Å²) < 4.78 is 0. The minimum atomic E-state index is -0.246. The molecule has 0 amide bonds. The zero-order valence-corrected chi connectivity index (χ0v) is 12.6. The highest BCUT2D eigenvalue weighted by Gasteiger charge is 2.08. The summed E-state index contributed by atoms with van der Waals surface area (Å²) in [6, 6.07) is 15.3. The Morgan fingerprint density at radius 3 is 2.60 bits per heavy atom. The molecule has 3 N–H and O–H groups in total. The molecule has 0 spiro atoms. The van der Waals surface area contributed by atoms with Crippen molar-refractivity contribution in [2.24, 2.45) is 5.73 Å². The number of benzene rings is 2. The van der Waals surface area contributed by atoms with Gasteiger partial charge in [0.1, 0.15) is 0 Å². The Bertz CT molecular complexity index is 588. The van der Waals surface area contributed by atoms with E-state index < -0.39 is 0 Å². The average Bonchev–Trinajstić information content (AvgIpc) is 2.41. The lowest BCUT2D eigenvalue weighted by Crippen LogP contribution is -2.29. The van der Waals surface area contributed by atoms with Gasteiger partial charge in [-0.05, 0) is 37.1 Å². The first kappa shape index (κ1) is 14.8. The Labute approximate surface area is 121 Å². The molecular formula is C18H24N2. The van der Waals surface area contributed by atoms with Crippen LogP contribution in [0.25, 0.3) is 10.8 Å². The first-order valence-electron chi connectivity index (χ1n) is 7.15. The Morgan fingerprint density at radius 2 is 1.85 bits per heavy atom. The zero-order chi connectivity index (χ0) is 14.6. The Hall–Kier alpha value is -1.64. The second-order valence-corrected chi connectivity index (χ2v) is 5.92. The van der Waals surface area contributed by atoms with Crippen molar-refractivity contribution in [1.82, 2.24) is 5.32 Å². The topological polar surface area (TPSA) is 38.0 Å². The van der Waals surface area contributed by atoms with Crippen molar-refractivity contribution in [2.45, 2.75) is 32.4 Å². The molecule has 0 aliphatic heterocycles. The predicted molar refractivity (Wildman–Crippen MR) is 87.8 cm³/mol. The summed E-state index contributed by atoms with van der Waals surface area (Å²) in [7, 11) is 0. The van der Waals surface area contributed by atoms with Crippen LogP contribution >= 0.6 is 0 Å². The van der Waals surface area contributed by atoms with Crippen LogP contribution in [0, 0.1) is 0 Å². The lowest BCUT2D eigenvalue weighted by atomic mass is 9.99. The Kier molecular flexibility index (Phi) is 4.58. The maximum absolute atomic E-state index is 5.92. The molecule has 106 valence electrons. The smallest absolute Gasteiger partial charge is 0.0300 e. The van der Waals surface area contributed by atoms with Gasteiger partial charge in [-0.2, -0.15) is 0 Å². The van der Waals surface area contributed by atoms with Crippen LogP contribution in [0.4, 0.5) is 0 Å². The third-order valence-electron chi connectivity index (χ3n) is 3.38. The standard InChI is InChI=1S/C18H24N2/c1-14(20-13-7-12-18(2,3)19)16-11-6-9-15-8-4-5-10-17(15)16/h4-12,14,20H,13,19H2,1-3H3/b12-7+/t14-/m1/s1. The van der Waals surface area contributed by atoms with E-state index in [1.807, 2.05) is 19.9 Å². The molecule has 0 radical (unpaired) electrons. The highest BCUT2D eigenvalue weighted by molar-refractivity contribution is 5.86. The van der Waals surface area contributed by atoms with Crippen LogP contribution in [0.5, 0.6) is 0 Å². The fraction of sp³-hybridized carbons (Fsp3) is 0.333. The number of hydrogen-bond donors (Lipinski definition) is 2. The van der Waals surface area contributed by atoms with Gasteiger partial charge in [-0.3, -0.25) is 0 Å². The molecule has 2 aromatic carbocycles. The van der Waals surface area contributed by atoms with Gasteiger partial charge in [0.15, 0.2) is 0 Å². The molecule has 0 heterocycles. The highest BCUT2D eigenvalue weighted by atomic mass is 14.9. The molecule has 0 aliphatic carbocycles. The van der Waals surface area contributed by atoms with E-state index in [0.717, 1.165) is 6.54 Å². The maximum Gasteiger partial charge on any atom is 0.0300 e. The van der Waals surface area contributed by atoms with Crippen molar-refractivity contribution in [3.8, 4) is 0 Å². The number of nitrogens with one attached hydrogen (secondary N) is 1. The highest BCUT2D eigenvalue weighted by Crippen LogP contribution is 2.23. The van der Waals surface area contributed by atoms with Crippen LogP contribution < -0.4 is 11.1 Å². The third-order valence-corrected chi connectivity index (χ3v) is 3.38. The molecule has 2 aromatic rings. The molecular weight excluding hydrogens is 244 g/mol. The largest absolute Gasteiger partial charge is 0.322 e. The number of rotatable bonds is 5. The third kappa shape index (κ3) is 3.92. The number of nitrogens with two attached hydrogens (primary N) is 1. The van der Waals surface area contributed by atoms with Crippen molar-refractivity contribution in [3.05, 3.63) is 60.2 Å². The number of hydrogen-bond acceptors (Lipinski definition) is 2. The summed E-state index contributed by atoms with van der Waals surface area (Å²) >= 11 is 0. The molecule has 0 saturated carbocycles. The van der Waals surface area contributed by atoms with Crippen LogP contribution in [0.2, 0.25) is 0 Å². The summed E-state index contributed by atoms with van der Waals surface area (Å²) in [4.78, 5) is 0. The molecule has 0 unspecified atom stereocenters. The second kappa shape index (κ2) is 6.21. The molecule has 0 aromatic heterocycles. The SMILES string of the molecule is C[C@@H](NC/C=C/C(C)(C)N)c1cccc2ccccc12. The van der Waals surface area contributed by atoms with Gasteiger partial charge in [-0.25, -0.2) is 0 Å². The number of fused-ring (bicyclic) bond motifs is 1. The van der Waals surface area contributed by atoms with E-state index in [4.69, 9.17) is 5.73 Å². The summed E-state index contributed by atoms with van der Waals surface area (Å²) in [6.45, 7) is 7.02. The molecule has 20 heavy (non-hydrogen) atoms. The van der Waals surface area contributed by atoms with Crippen molar-refractivity contribution in [1.29, 1.82) is 0 Å². The van der Waals surface area contributed by atoms with Crippen LogP contribution in [0.1, 0.15) is 32.4 Å². The molecule has 0 bridgehead atoms. The lowest BCUT2D eigenvalue weighted by Gasteiger charge is -2.16. The van der Waals surface area contributed by atoms with Crippen molar-refractivity contribution >= 4 is 10.8 Å². The maximum atomic E-state index is 5.92. The van der Waals surface area contributed by atoms with Gasteiger partial charge in [-0.1, -0.05) is 54.6 Å². The molecule has 2 rings (SSSR count). The second-order valence-electron chi connectivity index (χ2n) is 5.92. The van der Waals surface area contributed by atoms with Gasteiger partial charge in [0.25, 0.3) is 0 Å². The summed E-state index contributed by atoms with van der Waals surface area (Å²) in [5.41, 5.74) is 7.01. The quantitative estimate of drug-likeness (QED) is 0.810. The van der Waals surface area contributed by atoms with E-state index in [9.17, 15) is 0 Å². The monoisotopic (exact) mass is 268 g/mol. The van der Waals surface area contributed by atoms with Crippen molar-refractivity contribution in [2.75, 3.05) is 6.54 Å². The van der Waals surface area contributed by atoms with Crippen LogP contribution in [0.15, 0.2) is 54.6 Å². The van der Waals surface area contributed by atoms with E-state index >= 15 is 0 Å².